The van der Waals surface area contributed by atoms with Gasteiger partial charge in [-0.15, -0.1) is 0 Å². The van der Waals surface area contributed by atoms with Crippen molar-refractivity contribution in [3.05, 3.63) is 23.7 Å². The van der Waals surface area contributed by atoms with Crippen molar-refractivity contribution < 1.29 is 9.21 Å². The molecule has 78 valence electrons. The topological polar surface area (TPSA) is 59.5 Å². The van der Waals surface area contributed by atoms with Gasteiger partial charge in [-0.2, -0.15) is 0 Å². The molecule has 14 heavy (non-hydrogen) atoms. The third kappa shape index (κ3) is 2.14. The average molecular weight is 196 g/mol. The lowest BCUT2D eigenvalue weighted by Gasteiger charge is -2.22. The first-order valence-electron chi connectivity index (χ1n) is 4.60. The van der Waals surface area contributed by atoms with Gasteiger partial charge < -0.3 is 15.1 Å². The van der Waals surface area contributed by atoms with Gasteiger partial charge in [-0.3, -0.25) is 4.79 Å². The summed E-state index contributed by atoms with van der Waals surface area (Å²) < 4.78 is 5.23. The zero-order chi connectivity index (χ0) is 10.7. The van der Waals surface area contributed by atoms with Crippen LogP contribution in [0.1, 0.15) is 23.2 Å². The molecular formula is C10H16N2O2. The minimum Gasteiger partial charge on any atom is -0.456 e. The highest BCUT2D eigenvalue weighted by atomic mass is 16.3. The molecule has 0 radical (unpaired) electrons. The van der Waals surface area contributed by atoms with Crippen molar-refractivity contribution in [2.75, 3.05) is 13.6 Å². The Hall–Kier alpha value is -1.29. The molecule has 0 fully saturated rings. The maximum absolute atomic E-state index is 11.7. The van der Waals surface area contributed by atoms with Gasteiger partial charge in [-0.05, 0) is 26.0 Å². The maximum Gasteiger partial charge on any atom is 0.289 e. The molecule has 1 heterocycles. The monoisotopic (exact) mass is 196 g/mol. The van der Waals surface area contributed by atoms with Crippen molar-refractivity contribution in [3.63, 3.8) is 0 Å². The van der Waals surface area contributed by atoms with Crippen LogP contribution in [0.4, 0.5) is 0 Å². The minimum atomic E-state index is -0.129. The van der Waals surface area contributed by atoms with Crippen molar-refractivity contribution in [1.29, 1.82) is 0 Å². The van der Waals surface area contributed by atoms with Gasteiger partial charge in [-0.25, -0.2) is 0 Å². The van der Waals surface area contributed by atoms with Crippen LogP contribution in [0.2, 0.25) is 0 Å². The Morgan fingerprint density at radius 1 is 1.64 bits per heavy atom. The molecule has 4 nitrogen and oxygen atoms in total. The molecule has 1 amide bonds. The van der Waals surface area contributed by atoms with Crippen molar-refractivity contribution in [3.8, 4) is 0 Å². The number of hydrogen-bond acceptors (Lipinski definition) is 3. The first-order chi connectivity index (χ1) is 6.56. The molecule has 0 aliphatic rings. The average Bonchev–Trinajstić information content (AvgIpc) is 2.61. The number of rotatable bonds is 3. The van der Waals surface area contributed by atoms with Crippen LogP contribution in [0.3, 0.4) is 0 Å². The predicted molar refractivity (Wildman–Crippen MR) is 54.1 cm³/mol. The van der Waals surface area contributed by atoms with Gasteiger partial charge in [0, 0.05) is 19.6 Å². The first-order valence-corrected chi connectivity index (χ1v) is 4.60. The number of hydrogen-bond donors (Lipinski definition) is 1. The summed E-state index contributed by atoms with van der Waals surface area (Å²) in [6, 6.07) is 3.47. The third-order valence-electron chi connectivity index (χ3n) is 2.27. The minimum absolute atomic E-state index is 0.0212. The zero-order valence-electron chi connectivity index (χ0n) is 8.78. The summed E-state index contributed by atoms with van der Waals surface area (Å²) in [6.07, 6.45) is 0. The lowest BCUT2D eigenvalue weighted by Crippen LogP contribution is -2.39. The highest BCUT2D eigenvalue weighted by molar-refractivity contribution is 5.91. The molecule has 1 atom stereocenters. The lowest BCUT2D eigenvalue weighted by molar-refractivity contribution is 0.0715. The molecule has 0 aliphatic carbocycles. The highest BCUT2D eigenvalue weighted by Gasteiger charge is 2.18. The Labute approximate surface area is 83.7 Å². The van der Waals surface area contributed by atoms with Crippen molar-refractivity contribution in [2.24, 2.45) is 5.73 Å². The first kappa shape index (κ1) is 10.8. The largest absolute Gasteiger partial charge is 0.456 e. The van der Waals surface area contributed by atoms with E-state index < -0.39 is 0 Å². The Kier molecular flexibility index (Phi) is 3.30. The molecule has 2 N–H and O–H groups in total. The number of carbonyl (C=O) groups excluding carboxylic acids is 1. The number of amides is 1. The fourth-order valence-corrected chi connectivity index (χ4v) is 1.08. The van der Waals surface area contributed by atoms with Gasteiger partial charge in [0.2, 0.25) is 0 Å². The highest BCUT2D eigenvalue weighted by Crippen LogP contribution is 2.10. The standard InChI is InChI=1S/C10H16N2O2/c1-7(6-11)12(3)10(13)9-5-4-8(2)14-9/h4-5,7H,6,11H2,1-3H3. The summed E-state index contributed by atoms with van der Waals surface area (Å²) in [6.45, 7) is 4.15. The molecule has 1 rings (SSSR count). The molecule has 1 aromatic heterocycles. The molecule has 0 saturated carbocycles. The van der Waals surface area contributed by atoms with Gasteiger partial charge in [0.25, 0.3) is 5.91 Å². The molecule has 0 bridgehead atoms. The third-order valence-corrected chi connectivity index (χ3v) is 2.27. The summed E-state index contributed by atoms with van der Waals surface area (Å²) >= 11 is 0. The van der Waals surface area contributed by atoms with E-state index in [9.17, 15) is 4.79 Å². The van der Waals surface area contributed by atoms with E-state index in [1.54, 1.807) is 24.1 Å². The molecule has 0 saturated heterocycles. The van der Waals surface area contributed by atoms with Crippen molar-refractivity contribution in [2.45, 2.75) is 19.9 Å². The Balaban J connectivity index is 2.75. The molecule has 1 aromatic rings. The van der Waals surface area contributed by atoms with Gasteiger partial charge in [-0.1, -0.05) is 0 Å². The van der Waals surface area contributed by atoms with E-state index in [4.69, 9.17) is 10.2 Å². The smallest absolute Gasteiger partial charge is 0.289 e. The lowest BCUT2D eigenvalue weighted by atomic mass is 10.3. The van der Waals surface area contributed by atoms with Crippen LogP contribution in [-0.2, 0) is 0 Å². The van der Waals surface area contributed by atoms with E-state index in [-0.39, 0.29) is 11.9 Å². The summed E-state index contributed by atoms with van der Waals surface area (Å²) in [5.41, 5.74) is 5.47. The summed E-state index contributed by atoms with van der Waals surface area (Å²) in [4.78, 5) is 13.3. The second kappa shape index (κ2) is 4.28. The number of furan rings is 1. The SMILES string of the molecule is Cc1ccc(C(=O)N(C)C(C)CN)o1. The summed E-state index contributed by atoms with van der Waals surface area (Å²) in [5, 5.41) is 0. The molecule has 4 heteroatoms. The maximum atomic E-state index is 11.7. The van der Waals surface area contributed by atoms with Crippen LogP contribution in [0, 0.1) is 6.92 Å². The van der Waals surface area contributed by atoms with E-state index in [1.165, 1.54) is 0 Å². The number of carbonyl (C=O) groups is 1. The van der Waals surface area contributed by atoms with Crippen LogP contribution < -0.4 is 5.73 Å². The van der Waals surface area contributed by atoms with Crippen LogP contribution in [-0.4, -0.2) is 30.4 Å². The van der Waals surface area contributed by atoms with Crippen LogP contribution >= 0.6 is 0 Å². The summed E-state index contributed by atoms with van der Waals surface area (Å²) in [7, 11) is 1.72. The predicted octanol–water partition coefficient (Wildman–Crippen LogP) is 1.01. The van der Waals surface area contributed by atoms with E-state index in [0.29, 0.717) is 12.3 Å². The number of nitrogens with two attached hydrogens (primary N) is 1. The second-order valence-corrected chi connectivity index (χ2v) is 3.41. The van der Waals surface area contributed by atoms with Crippen LogP contribution in [0.25, 0.3) is 0 Å². The van der Waals surface area contributed by atoms with E-state index in [1.807, 2.05) is 13.8 Å². The van der Waals surface area contributed by atoms with Crippen LogP contribution in [0.5, 0.6) is 0 Å². The van der Waals surface area contributed by atoms with Gasteiger partial charge in [0.15, 0.2) is 5.76 Å². The Morgan fingerprint density at radius 3 is 2.71 bits per heavy atom. The van der Waals surface area contributed by atoms with Crippen LogP contribution in [0.15, 0.2) is 16.5 Å². The number of likely N-dealkylation sites (N-methyl/N-ethyl adjacent to an activating group) is 1. The van der Waals surface area contributed by atoms with Crippen molar-refractivity contribution in [1.82, 2.24) is 4.90 Å². The normalized spacial score (nSPS) is 12.6. The summed E-state index contributed by atoms with van der Waals surface area (Å²) in [5.74, 6) is 0.975. The van der Waals surface area contributed by atoms with Gasteiger partial charge in [0.1, 0.15) is 5.76 Å². The molecule has 0 spiro atoms. The Morgan fingerprint density at radius 2 is 2.29 bits per heavy atom. The molecule has 0 aromatic carbocycles. The fourth-order valence-electron chi connectivity index (χ4n) is 1.08. The van der Waals surface area contributed by atoms with Gasteiger partial charge >= 0.3 is 0 Å². The Bertz CT molecular complexity index is 320. The molecular weight excluding hydrogens is 180 g/mol. The van der Waals surface area contributed by atoms with E-state index >= 15 is 0 Å². The molecule has 1 unspecified atom stereocenters. The number of aryl methyl sites for hydroxylation is 1. The fraction of sp³-hybridized carbons (Fsp3) is 0.500. The number of nitrogens with zero attached hydrogens (tertiary/aromatic N) is 1. The van der Waals surface area contributed by atoms with E-state index in [2.05, 4.69) is 0 Å². The zero-order valence-corrected chi connectivity index (χ0v) is 8.78. The van der Waals surface area contributed by atoms with Gasteiger partial charge in [0.05, 0.1) is 0 Å². The quantitative estimate of drug-likeness (QED) is 0.784. The van der Waals surface area contributed by atoms with E-state index in [0.717, 1.165) is 5.76 Å². The van der Waals surface area contributed by atoms with Crippen molar-refractivity contribution >= 4 is 5.91 Å². The second-order valence-electron chi connectivity index (χ2n) is 3.41. The molecule has 0 aliphatic heterocycles.